The highest BCUT2D eigenvalue weighted by Gasteiger charge is 2.34. The van der Waals surface area contributed by atoms with Gasteiger partial charge in [0.15, 0.2) is 0 Å². The number of carbonyl (C=O) groups is 1. The van der Waals surface area contributed by atoms with Gasteiger partial charge in [0.1, 0.15) is 0 Å². The highest BCUT2D eigenvalue weighted by Crippen LogP contribution is 2.39. The minimum atomic E-state index is -0.455. The number of aryl methyl sites for hydroxylation is 1. The topological polar surface area (TPSA) is 63.5 Å². The molecule has 0 bridgehead atoms. The first-order valence-electron chi connectivity index (χ1n) is 8.76. The molecule has 0 fully saturated rings. The fraction of sp³-hybridized carbons (Fsp3) is 0.227. The van der Waals surface area contributed by atoms with Crippen LogP contribution in [-0.2, 0) is 4.79 Å². The highest BCUT2D eigenvalue weighted by molar-refractivity contribution is 6.08. The van der Waals surface area contributed by atoms with Crippen LogP contribution in [0.5, 0.6) is 0 Å². The molecule has 3 rings (SSSR count). The largest absolute Gasteiger partial charge is 0.299 e. The predicted octanol–water partition coefficient (Wildman–Crippen LogP) is 5.15. The lowest BCUT2D eigenvalue weighted by molar-refractivity contribution is -0.384. The van der Waals surface area contributed by atoms with E-state index < -0.39 is 10.5 Å². The van der Waals surface area contributed by atoms with E-state index in [1.807, 2.05) is 32.9 Å². The van der Waals surface area contributed by atoms with E-state index in [1.54, 1.807) is 23.1 Å². The van der Waals surface area contributed by atoms with Gasteiger partial charge in [-0.3, -0.25) is 19.8 Å². The van der Waals surface area contributed by atoms with Gasteiger partial charge in [-0.15, -0.1) is 0 Å². The molecule has 0 atom stereocenters. The molecule has 2 aromatic rings. The zero-order chi connectivity index (χ0) is 19.8. The number of nitrogens with zero attached hydrogens (tertiary/aromatic N) is 2. The van der Waals surface area contributed by atoms with E-state index in [-0.39, 0.29) is 11.6 Å². The second kappa shape index (κ2) is 6.83. The molecule has 1 amide bonds. The summed E-state index contributed by atoms with van der Waals surface area (Å²) in [6.07, 6.45) is 5.30. The van der Waals surface area contributed by atoms with E-state index >= 15 is 0 Å². The Balaban J connectivity index is 1.92. The molecule has 27 heavy (non-hydrogen) atoms. The van der Waals surface area contributed by atoms with Crippen molar-refractivity contribution in [2.24, 2.45) is 0 Å². The summed E-state index contributed by atoms with van der Waals surface area (Å²) in [5.74, 6) is -0.132. The normalized spacial score (nSPS) is 15.4. The maximum Gasteiger partial charge on any atom is 0.269 e. The molecular weight excluding hydrogens is 340 g/mol. The highest BCUT2D eigenvalue weighted by atomic mass is 16.6. The van der Waals surface area contributed by atoms with E-state index in [2.05, 4.69) is 19.1 Å². The van der Waals surface area contributed by atoms with Crippen LogP contribution in [-0.4, -0.2) is 16.4 Å². The van der Waals surface area contributed by atoms with Crippen molar-refractivity contribution >= 4 is 28.9 Å². The molecule has 1 aliphatic heterocycles. The summed E-state index contributed by atoms with van der Waals surface area (Å²) in [5.41, 5.74) is 4.57. The van der Waals surface area contributed by atoms with Gasteiger partial charge in [-0.25, -0.2) is 0 Å². The third-order valence-electron chi connectivity index (χ3n) is 4.71. The van der Waals surface area contributed by atoms with E-state index in [0.717, 1.165) is 28.0 Å². The Labute approximate surface area is 158 Å². The Hall–Kier alpha value is -3.21. The van der Waals surface area contributed by atoms with Gasteiger partial charge < -0.3 is 0 Å². The monoisotopic (exact) mass is 362 g/mol. The van der Waals surface area contributed by atoms with Crippen LogP contribution in [0.15, 0.2) is 54.6 Å². The number of non-ortho nitro benzene ring substituents is 1. The second-order valence-electron chi connectivity index (χ2n) is 7.36. The molecule has 0 radical (unpaired) electrons. The molecule has 5 nitrogen and oxygen atoms in total. The van der Waals surface area contributed by atoms with E-state index in [1.165, 1.54) is 18.2 Å². The standard InChI is InChI=1S/C22H22N2O3/c1-15-5-11-20-19(13-15)16(2)14-22(3,4)23(20)21(25)12-8-17-6-9-18(10-7-17)24(26)27/h5-14H,1-4H3. The Kier molecular flexibility index (Phi) is 4.70. The maximum atomic E-state index is 13.0. The molecule has 5 heteroatoms. The lowest BCUT2D eigenvalue weighted by Gasteiger charge is -2.41. The van der Waals surface area contributed by atoms with Crippen LogP contribution in [0.1, 0.15) is 37.5 Å². The van der Waals surface area contributed by atoms with Crippen molar-refractivity contribution in [3.63, 3.8) is 0 Å². The third-order valence-corrected chi connectivity index (χ3v) is 4.71. The zero-order valence-corrected chi connectivity index (χ0v) is 15.9. The van der Waals surface area contributed by atoms with Crippen molar-refractivity contribution < 1.29 is 9.72 Å². The number of hydrogen-bond donors (Lipinski definition) is 0. The third kappa shape index (κ3) is 3.67. The van der Waals surface area contributed by atoms with Crippen LogP contribution >= 0.6 is 0 Å². The molecule has 1 heterocycles. The van der Waals surface area contributed by atoms with Crippen LogP contribution in [0.25, 0.3) is 11.6 Å². The molecule has 0 spiro atoms. The van der Waals surface area contributed by atoms with E-state index in [0.29, 0.717) is 0 Å². The number of allylic oxidation sites excluding steroid dienone is 1. The molecule has 0 aliphatic carbocycles. The van der Waals surface area contributed by atoms with Gasteiger partial charge in [0.2, 0.25) is 0 Å². The number of benzene rings is 2. The second-order valence-corrected chi connectivity index (χ2v) is 7.36. The number of carbonyl (C=O) groups excluding carboxylic acids is 1. The molecular formula is C22H22N2O3. The van der Waals surface area contributed by atoms with Crippen LogP contribution in [0.2, 0.25) is 0 Å². The lowest BCUT2D eigenvalue weighted by atomic mass is 9.88. The van der Waals surface area contributed by atoms with Gasteiger partial charge in [0.25, 0.3) is 11.6 Å². The Bertz CT molecular complexity index is 970. The summed E-state index contributed by atoms with van der Waals surface area (Å²) in [4.78, 5) is 25.1. The predicted molar refractivity (Wildman–Crippen MR) is 109 cm³/mol. The zero-order valence-electron chi connectivity index (χ0n) is 15.9. The summed E-state index contributed by atoms with van der Waals surface area (Å²) >= 11 is 0. The van der Waals surface area contributed by atoms with E-state index in [4.69, 9.17) is 0 Å². The van der Waals surface area contributed by atoms with Crippen molar-refractivity contribution in [2.75, 3.05) is 4.90 Å². The summed E-state index contributed by atoms with van der Waals surface area (Å²) in [7, 11) is 0. The number of hydrogen-bond acceptors (Lipinski definition) is 3. The number of fused-ring (bicyclic) bond motifs is 1. The van der Waals surface area contributed by atoms with Crippen molar-refractivity contribution in [3.8, 4) is 0 Å². The molecule has 0 saturated heterocycles. The van der Waals surface area contributed by atoms with Gasteiger partial charge >= 0.3 is 0 Å². The molecule has 0 N–H and O–H groups in total. The molecule has 0 aromatic heterocycles. The molecule has 2 aromatic carbocycles. The smallest absolute Gasteiger partial charge is 0.269 e. The van der Waals surface area contributed by atoms with Crippen molar-refractivity contribution in [3.05, 3.63) is 81.4 Å². The van der Waals surface area contributed by atoms with Crippen LogP contribution in [0.3, 0.4) is 0 Å². The summed E-state index contributed by atoms with van der Waals surface area (Å²) < 4.78 is 0. The lowest BCUT2D eigenvalue weighted by Crippen LogP contribution is -2.48. The van der Waals surface area contributed by atoms with Crippen LogP contribution in [0, 0.1) is 17.0 Å². The van der Waals surface area contributed by atoms with Gasteiger partial charge in [-0.1, -0.05) is 17.7 Å². The average molecular weight is 362 g/mol. The minimum Gasteiger partial charge on any atom is -0.299 e. The molecule has 1 aliphatic rings. The number of nitro groups is 1. The van der Waals surface area contributed by atoms with Gasteiger partial charge in [0.05, 0.1) is 16.1 Å². The summed E-state index contributed by atoms with van der Waals surface area (Å²) in [6, 6.07) is 12.2. The van der Waals surface area contributed by atoms with Crippen molar-refractivity contribution in [2.45, 2.75) is 33.2 Å². The van der Waals surface area contributed by atoms with Gasteiger partial charge in [-0.2, -0.15) is 0 Å². The van der Waals surface area contributed by atoms with Crippen molar-refractivity contribution in [1.29, 1.82) is 0 Å². The molecule has 138 valence electrons. The van der Waals surface area contributed by atoms with Gasteiger partial charge in [-0.05, 0) is 69.2 Å². The SMILES string of the molecule is CC1=CC(C)(C)N(C(=O)C=Cc2ccc([N+](=O)[O-])cc2)c2ccc(C)cc21. The summed E-state index contributed by atoms with van der Waals surface area (Å²) in [5, 5.41) is 10.7. The minimum absolute atomic E-state index is 0.0283. The fourth-order valence-corrected chi connectivity index (χ4v) is 3.50. The number of amides is 1. The van der Waals surface area contributed by atoms with Gasteiger partial charge in [0, 0.05) is 23.8 Å². The van der Waals surface area contributed by atoms with E-state index in [9.17, 15) is 14.9 Å². The number of nitro benzene ring substituents is 1. The van der Waals surface area contributed by atoms with Crippen molar-refractivity contribution in [1.82, 2.24) is 0 Å². The number of anilines is 1. The van der Waals surface area contributed by atoms with Crippen LogP contribution in [0.4, 0.5) is 11.4 Å². The molecule has 0 saturated carbocycles. The fourth-order valence-electron chi connectivity index (χ4n) is 3.50. The van der Waals surface area contributed by atoms with Crippen LogP contribution < -0.4 is 4.90 Å². The Morgan fingerprint density at radius 2 is 1.78 bits per heavy atom. The first-order chi connectivity index (χ1) is 12.7. The maximum absolute atomic E-state index is 13.0. The summed E-state index contributed by atoms with van der Waals surface area (Å²) in [6.45, 7) is 8.12. The average Bonchev–Trinajstić information content (AvgIpc) is 2.60. The quantitative estimate of drug-likeness (QED) is 0.431. The molecule has 0 unspecified atom stereocenters. The first-order valence-corrected chi connectivity index (χ1v) is 8.76. The first kappa shape index (κ1) is 18.6. The number of rotatable bonds is 3. The Morgan fingerprint density at radius 1 is 1.11 bits per heavy atom. The Morgan fingerprint density at radius 3 is 2.41 bits per heavy atom.